The molecule has 0 unspecified atom stereocenters. The second-order valence-electron chi connectivity index (χ2n) is 6.21. The molecule has 1 fully saturated rings. The first kappa shape index (κ1) is 20.9. The second-order valence-corrected chi connectivity index (χ2v) is 7.53. The zero-order chi connectivity index (χ0) is 17.5. The summed E-state index contributed by atoms with van der Waals surface area (Å²) in [4.78, 5) is 16.8. The number of hydrogen-bond acceptors (Lipinski definition) is 5. The van der Waals surface area contributed by atoms with Gasteiger partial charge in [-0.1, -0.05) is 0 Å². The van der Waals surface area contributed by atoms with Crippen LogP contribution in [0, 0.1) is 6.92 Å². The molecule has 0 radical (unpaired) electrons. The van der Waals surface area contributed by atoms with Gasteiger partial charge in [0.2, 0.25) is 0 Å². The minimum absolute atomic E-state index is 0. The van der Waals surface area contributed by atoms with Crippen molar-refractivity contribution in [1.82, 2.24) is 20.6 Å². The molecule has 0 atom stereocenters. The molecule has 1 aliphatic rings. The highest BCUT2D eigenvalue weighted by Crippen LogP contribution is 2.18. The van der Waals surface area contributed by atoms with Gasteiger partial charge in [-0.05, 0) is 43.9 Å². The topological polar surface area (TPSA) is 65.4 Å². The number of aliphatic imine (C=N–C) groups is 1. The summed E-state index contributed by atoms with van der Waals surface area (Å²) >= 11 is 1.70. The van der Waals surface area contributed by atoms with Crippen LogP contribution in [0.3, 0.4) is 0 Å². The van der Waals surface area contributed by atoms with Crippen molar-refractivity contribution in [2.75, 3.05) is 25.0 Å². The predicted octanol–water partition coefficient (Wildman–Crippen LogP) is 3.32. The Kier molecular flexibility index (Phi) is 8.56. The molecule has 0 aromatic carbocycles. The number of guanidine groups is 1. The summed E-state index contributed by atoms with van der Waals surface area (Å²) in [6.45, 7) is 5.70. The fraction of sp³-hybridized carbons (Fsp3) is 0.500. The van der Waals surface area contributed by atoms with Crippen molar-refractivity contribution in [3.8, 4) is 0 Å². The van der Waals surface area contributed by atoms with Gasteiger partial charge in [-0.3, -0.25) is 4.99 Å². The average Bonchev–Trinajstić information content (AvgIpc) is 3.08. The number of halogens is 1. The standard InChI is InChI=1S/C18H26N6S.HI/c1-14-11-21-17(25-14)13-23-18(19-2)22-12-15-6-7-20-16(10-15)24-8-4-3-5-9-24;/h6-7,10-11H,3-5,8-9,12-13H2,1-2H3,(H2,19,22,23);1H. The highest BCUT2D eigenvalue weighted by atomic mass is 127. The number of piperidine rings is 1. The van der Waals surface area contributed by atoms with Gasteiger partial charge in [-0.2, -0.15) is 0 Å². The Morgan fingerprint density at radius 2 is 1.96 bits per heavy atom. The summed E-state index contributed by atoms with van der Waals surface area (Å²) in [5.41, 5.74) is 1.21. The van der Waals surface area contributed by atoms with E-state index in [1.807, 2.05) is 12.4 Å². The molecule has 0 saturated carbocycles. The largest absolute Gasteiger partial charge is 0.357 e. The van der Waals surface area contributed by atoms with E-state index in [2.05, 4.69) is 49.6 Å². The molecule has 26 heavy (non-hydrogen) atoms. The molecule has 2 aromatic heterocycles. The number of rotatable bonds is 5. The van der Waals surface area contributed by atoms with Crippen LogP contribution in [-0.2, 0) is 13.1 Å². The molecule has 2 N–H and O–H groups in total. The normalized spacial score (nSPS) is 14.7. The first-order chi connectivity index (χ1) is 12.2. The van der Waals surface area contributed by atoms with E-state index in [4.69, 9.17) is 0 Å². The zero-order valence-corrected chi connectivity index (χ0v) is 18.5. The molecule has 3 rings (SSSR count). The molecule has 0 spiro atoms. The summed E-state index contributed by atoms with van der Waals surface area (Å²) in [7, 11) is 1.79. The summed E-state index contributed by atoms with van der Waals surface area (Å²) in [6.07, 6.45) is 7.65. The number of nitrogens with one attached hydrogen (secondary N) is 2. The minimum atomic E-state index is 0. The van der Waals surface area contributed by atoms with Crippen LogP contribution in [0.4, 0.5) is 5.82 Å². The molecule has 8 heteroatoms. The molecule has 6 nitrogen and oxygen atoms in total. The summed E-state index contributed by atoms with van der Waals surface area (Å²) < 4.78 is 0. The monoisotopic (exact) mass is 486 g/mol. The Balaban J connectivity index is 0.00000243. The number of aromatic nitrogens is 2. The fourth-order valence-corrected chi connectivity index (χ4v) is 3.64. The van der Waals surface area contributed by atoms with Crippen LogP contribution >= 0.6 is 35.3 Å². The van der Waals surface area contributed by atoms with Gasteiger partial charge in [0.1, 0.15) is 10.8 Å². The van der Waals surface area contributed by atoms with Gasteiger partial charge < -0.3 is 15.5 Å². The van der Waals surface area contributed by atoms with Crippen molar-refractivity contribution >= 4 is 47.1 Å². The maximum absolute atomic E-state index is 4.53. The van der Waals surface area contributed by atoms with E-state index >= 15 is 0 Å². The maximum Gasteiger partial charge on any atom is 0.191 e. The van der Waals surface area contributed by atoms with Crippen molar-refractivity contribution in [3.63, 3.8) is 0 Å². The van der Waals surface area contributed by atoms with Crippen LogP contribution in [0.25, 0.3) is 0 Å². The third-order valence-electron chi connectivity index (χ3n) is 4.25. The molecule has 0 bridgehead atoms. The van der Waals surface area contributed by atoms with Gasteiger partial charge in [-0.15, -0.1) is 35.3 Å². The quantitative estimate of drug-likeness (QED) is 0.386. The molecule has 142 valence electrons. The number of thiazole rings is 1. The highest BCUT2D eigenvalue weighted by molar-refractivity contribution is 14.0. The third kappa shape index (κ3) is 6.08. The van der Waals surface area contributed by atoms with E-state index in [9.17, 15) is 0 Å². The average molecular weight is 486 g/mol. The Bertz CT molecular complexity index is 711. The molecule has 2 aromatic rings. The number of pyridine rings is 1. The lowest BCUT2D eigenvalue weighted by Gasteiger charge is -2.28. The van der Waals surface area contributed by atoms with Crippen molar-refractivity contribution in [2.45, 2.75) is 39.3 Å². The van der Waals surface area contributed by atoms with E-state index in [-0.39, 0.29) is 24.0 Å². The Hall–Kier alpha value is -1.42. The number of aryl methyl sites for hydroxylation is 1. The fourth-order valence-electron chi connectivity index (χ4n) is 2.92. The maximum atomic E-state index is 4.53. The number of anilines is 1. The van der Waals surface area contributed by atoms with E-state index < -0.39 is 0 Å². The van der Waals surface area contributed by atoms with Crippen molar-refractivity contribution < 1.29 is 0 Å². The molecule has 3 heterocycles. The summed E-state index contributed by atoms with van der Waals surface area (Å²) in [6, 6.07) is 4.23. The molecule has 0 aliphatic carbocycles. The van der Waals surface area contributed by atoms with Gasteiger partial charge in [0.25, 0.3) is 0 Å². The molecular formula is C18H27IN6S. The lowest BCUT2D eigenvalue weighted by atomic mass is 10.1. The van der Waals surface area contributed by atoms with Crippen LogP contribution in [0.5, 0.6) is 0 Å². The Labute approximate surface area is 176 Å². The van der Waals surface area contributed by atoms with Crippen LogP contribution < -0.4 is 15.5 Å². The lowest BCUT2D eigenvalue weighted by Crippen LogP contribution is -2.36. The summed E-state index contributed by atoms with van der Waals surface area (Å²) in [5.74, 6) is 1.87. The second kappa shape index (κ2) is 10.7. The third-order valence-corrected chi connectivity index (χ3v) is 5.16. The molecule has 1 saturated heterocycles. The zero-order valence-electron chi connectivity index (χ0n) is 15.4. The highest BCUT2D eigenvalue weighted by Gasteiger charge is 2.12. The SMILES string of the molecule is CN=C(NCc1ccnc(N2CCCCC2)c1)NCc1ncc(C)s1.I. The molecular weight excluding hydrogens is 459 g/mol. The van der Waals surface area contributed by atoms with E-state index in [1.165, 1.54) is 29.7 Å². The van der Waals surface area contributed by atoms with Gasteiger partial charge in [0, 0.05) is 44.0 Å². The van der Waals surface area contributed by atoms with Crippen molar-refractivity contribution in [3.05, 3.63) is 40.0 Å². The molecule has 1 aliphatic heterocycles. The summed E-state index contributed by atoms with van der Waals surface area (Å²) in [5, 5.41) is 7.74. The van der Waals surface area contributed by atoms with Gasteiger partial charge in [0.05, 0.1) is 6.54 Å². The minimum Gasteiger partial charge on any atom is -0.357 e. The van der Waals surface area contributed by atoms with Crippen LogP contribution in [-0.4, -0.2) is 36.1 Å². The first-order valence-corrected chi connectivity index (χ1v) is 9.62. The van der Waals surface area contributed by atoms with E-state index in [0.29, 0.717) is 6.54 Å². The number of nitrogens with zero attached hydrogens (tertiary/aromatic N) is 4. The Morgan fingerprint density at radius 1 is 1.19 bits per heavy atom. The van der Waals surface area contributed by atoms with Gasteiger partial charge >= 0.3 is 0 Å². The van der Waals surface area contributed by atoms with E-state index in [0.717, 1.165) is 36.4 Å². The van der Waals surface area contributed by atoms with Crippen LogP contribution in [0.15, 0.2) is 29.5 Å². The lowest BCUT2D eigenvalue weighted by molar-refractivity contribution is 0.573. The van der Waals surface area contributed by atoms with Gasteiger partial charge in [0.15, 0.2) is 5.96 Å². The Morgan fingerprint density at radius 3 is 2.65 bits per heavy atom. The first-order valence-electron chi connectivity index (χ1n) is 8.80. The van der Waals surface area contributed by atoms with Gasteiger partial charge in [-0.25, -0.2) is 9.97 Å². The van der Waals surface area contributed by atoms with Crippen LogP contribution in [0.2, 0.25) is 0 Å². The van der Waals surface area contributed by atoms with Crippen LogP contribution in [0.1, 0.15) is 34.7 Å². The number of hydrogen-bond donors (Lipinski definition) is 2. The van der Waals surface area contributed by atoms with E-state index in [1.54, 1.807) is 18.4 Å². The van der Waals surface area contributed by atoms with Crippen molar-refractivity contribution in [2.24, 2.45) is 4.99 Å². The van der Waals surface area contributed by atoms with Crippen molar-refractivity contribution in [1.29, 1.82) is 0 Å². The predicted molar refractivity (Wildman–Crippen MR) is 120 cm³/mol. The molecule has 0 amide bonds. The smallest absolute Gasteiger partial charge is 0.191 e.